The highest BCUT2D eigenvalue weighted by Gasteiger charge is 2.14. The molecule has 1 atom stereocenters. The number of hydrogen-bond acceptors (Lipinski definition) is 4. The molecular formula is C25H23Cl2NO4. The minimum atomic E-state index is -0.494. The van der Waals surface area contributed by atoms with Crippen molar-refractivity contribution < 1.29 is 19.1 Å². The van der Waals surface area contributed by atoms with E-state index in [2.05, 4.69) is 5.32 Å². The van der Waals surface area contributed by atoms with Crippen molar-refractivity contribution in [3.05, 3.63) is 93.5 Å². The summed E-state index contributed by atoms with van der Waals surface area (Å²) in [5.41, 5.74) is 1.96. The number of carbonyl (C=O) groups is 2. The molecule has 0 radical (unpaired) electrons. The van der Waals surface area contributed by atoms with Crippen LogP contribution in [0.25, 0.3) is 0 Å². The lowest BCUT2D eigenvalue weighted by atomic mass is 10.0. The van der Waals surface area contributed by atoms with E-state index >= 15 is 0 Å². The molecule has 3 rings (SSSR count). The molecule has 0 bridgehead atoms. The van der Waals surface area contributed by atoms with Crippen LogP contribution in [-0.4, -0.2) is 25.0 Å². The van der Waals surface area contributed by atoms with Gasteiger partial charge in [-0.1, -0.05) is 29.3 Å². The Labute approximate surface area is 197 Å². The monoisotopic (exact) mass is 471 g/mol. The molecule has 7 heteroatoms. The number of carbonyl (C=O) groups excluding carboxylic acids is 2. The number of rotatable bonds is 8. The quantitative estimate of drug-likeness (QED) is 0.324. The Kier molecular flexibility index (Phi) is 8.14. The van der Waals surface area contributed by atoms with E-state index in [1.165, 1.54) is 7.11 Å². The Morgan fingerprint density at radius 1 is 0.875 bits per heavy atom. The van der Waals surface area contributed by atoms with Crippen LogP contribution in [0.4, 0.5) is 0 Å². The Morgan fingerprint density at radius 2 is 1.47 bits per heavy atom. The molecular weight excluding hydrogens is 449 g/mol. The molecule has 166 valence electrons. The Morgan fingerprint density at radius 3 is 2.06 bits per heavy atom. The van der Waals surface area contributed by atoms with Gasteiger partial charge in [-0.3, -0.25) is 4.79 Å². The van der Waals surface area contributed by atoms with Gasteiger partial charge in [-0.05, 0) is 86.0 Å². The van der Waals surface area contributed by atoms with Gasteiger partial charge in [-0.25, -0.2) is 4.79 Å². The normalized spacial score (nSPS) is 11.5. The first-order valence-corrected chi connectivity index (χ1v) is 10.8. The van der Waals surface area contributed by atoms with Crippen molar-refractivity contribution in [1.29, 1.82) is 0 Å². The largest absolute Gasteiger partial charge is 0.493 e. The van der Waals surface area contributed by atoms with Crippen molar-refractivity contribution in [2.75, 3.05) is 7.11 Å². The van der Waals surface area contributed by atoms with Crippen LogP contribution < -0.4 is 14.8 Å². The fraction of sp³-hybridized carbons (Fsp3) is 0.200. The van der Waals surface area contributed by atoms with Crippen LogP contribution in [0.15, 0.2) is 66.7 Å². The standard InChI is InChI=1S/C25H23Cl2NO4/c1-16(28-24(29)18-6-10-20(26)11-7-18)3-4-17-5-14-22(23(15-17)31-2)32-25(30)19-8-12-21(27)13-9-19/h5-16H,3-4H2,1-2H3,(H,28,29). The highest BCUT2D eigenvalue weighted by molar-refractivity contribution is 6.31. The van der Waals surface area contributed by atoms with Crippen LogP contribution in [0.5, 0.6) is 11.5 Å². The Balaban J connectivity index is 1.57. The summed E-state index contributed by atoms with van der Waals surface area (Å²) < 4.78 is 10.9. The summed E-state index contributed by atoms with van der Waals surface area (Å²) in [5.74, 6) is 0.158. The van der Waals surface area contributed by atoms with Crippen LogP contribution in [0.3, 0.4) is 0 Å². The number of halogens is 2. The van der Waals surface area contributed by atoms with Crippen LogP contribution in [0, 0.1) is 0 Å². The van der Waals surface area contributed by atoms with E-state index < -0.39 is 5.97 Å². The van der Waals surface area contributed by atoms with E-state index in [4.69, 9.17) is 32.7 Å². The summed E-state index contributed by atoms with van der Waals surface area (Å²) >= 11 is 11.7. The van der Waals surface area contributed by atoms with Crippen molar-refractivity contribution in [3.8, 4) is 11.5 Å². The summed E-state index contributed by atoms with van der Waals surface area (Å²) in [5, 5.41) is 4.11. The molecule has 0 spiro atoms. The van der Waals surface area contributed by atoms with Crippen molar-refractivity contribution in [1.82, 2.24) is 5.32 Å². The van der Waals surface area contributed by atoms with Gasteiger partial charge in [0, 0.05) is 21.7 Å². The van der Waals surface area contributed by atoms with E-state index in [0.29, 0.717) is 39.1 Å². The molecule has 0 saturated carbocycles. The van der Waals surface area contributed by atoms with Gasteiger partial charge in [-0.15, -0.1) is 0 Å². The van der Waals surface area contributed by atoms with E-state index in [-0.39, 0.29) is 11.9 Å². The second-order valence-corrected chi connectivity index (χ2v) is 8.17. The van der Waals surface area contributed by atoms with Crippen LogP contribution in [0.2, 0.25) is 10.0 Å². The van der Waals surface area contributed by atoms with E-state index in [0.717, 1.165) is 12.0 Å². The number of benzene rings is 3. The van der Waals surface area contributed by atoms with Gasteiger partial charge in [-0.2, -0.15) is 0 Å². The average molecular weight is 472 g/mol. The number of hydrogen-bond donors (Lipinski definition) is 1. The second kappa shape index (κ2) is 11.0. The molecule has 0 aliphatic rings. The Bertz CT molecular complexity index is 1080. The van der Waals surface area contributed by atoms with E-state index in [1.54, 1.807) is 54.6 Å². The van der Waals surface area contributed by atoms with Gasteiger partial charge < -0.3 is 14.8 Å². The molecule has 5 nitrogen and oxygen atoms in total. The van der Waals surface area contributed by atoms with Crippen molar-refractivity contribution in [3.63, 3.8) is 0 Å². The lowest BCUT2D eigenvalue weighted by Gasteiger charge is -2.15. The third-order valence-electron chi connectivity index (χ3n) is 4.86. The third-order valence-corrected chi connectivity index (χ3v) is 5.36. The van der Waals surface area contributed by atoms with Gasteiger partial charge in [0.1, 0.15) is 0 Å². The topological polar surface area (TPSA) is 64.6 Å². The molecule has 3 aromatic carbocycles. The van der Waals surface area contributed by atoms with Gasteiger partial charge in [0.25, 0.3) is 5.91 Å². The first kappa shape index (κ1) is 23.6. The van der Waals surface area contributed by atoms with Crippen molar-refractivity contribution in [2.24, 2.45) is 0 Å². The molecule has 0 aliphatic carbocycles. The second-order valence-electron chi connectivity index (χ2n) is 7.30. The van der Waals surface area contributed by atoms with Crippen LogP contribution in [0.1, 0.15) is 39.6 Å². The zero-order chi connectivity index (χ0) is 23.1. The maximum absolute atomic E-state index is 12.4. The number of nitrogens with one attached hydrogen (secondary N) is 1. The molecule has 0 aromatic heterocycles. The van der Waals surface area contributed by atoms with Gasteiger partial charge in [0.2, 0.25) is 0 Å². The van der Waals surface area contributed by atoms with Crippen LogP contribution >= 0.6 is 23.2 Å². The lowest BCUT2D eigenvalue weighted by Crippen LogP contribution is -2.32. The molecule has 1 amide bonds. The number of aryl methyl sites for hydroxylation is 1. The maximum atomic E-state index is 12.4. The van der Waals surface area contributed by atoms with E-state index in [1.807, 2.05) is 19.1 Å². The van der Waals surface area contributed by atoms with Gasteiger partial charge >= 0.3 is 5.97 Å². The van der Waals surface area contributed by atoms with Crippen molar-refractivity contribution >= 4 is 35.1 Å². The fourth-order valence-electron chi connectivity index (χ4n) is 3.06. The molecule has 0 heterocycles. The summed E-state index contributed by atoms with van der Waals surface area (Å²) in [7, 11) is 1.52. The fourth-order valence-corrected chi connectivity index (χ4v) is 3.31. The summed E-state index contributed by atoms with van der Waals surface area (Å²) in [4.78, 5) is 24.7. The highest BCUT2D eigenvalue weighted by Crippen LogP contribution is 2.29. The zero-order valence-electron chi connectivity index (χ0n) is 17.7. The third kappa shape index (κ3) is 6.49. The number of methoxy groups -OCH3 is 1. The number of ether oxygens (including phenoxy) is 2. The predicted octanol–water partition coefficient (Wildman–Crippen LogP) is 5.97. The first-order valence-electron chi connectivity index (χ1n) is 10.1. The molecule has 0 saturated heterocycles. The van der Waals surface area contributed by atoms with Gasteiger partial charge in [0.15, 0.2) is 11.5 Å². The molecule has 1 N–H and O–H groups in total. The molecule has 0 aliphatic heterocycles. The van der Waals surface area contributed by atoms with Gasteiger partial charge in [0.05, 0.1) is 12.7 Å². The minimum absolute atomic E-state index is 0.0356. The van der Waals surface area contributed by atoms with E-state index in [9.17, 15) is 9.59 Å². The average Bonchev–Trinajstić information content (AvgIpc) is 2.79. The Hall–Kier alpha value is -3.02. The molecule has 0 fully saturated rings. The smallest absolute Gasteiger partial charge is 0.343 e. The zero-order valence-corrected chi connectivity index (χ0v) is 19.2. The molecule has 1 unspecified atom stereocenters. The van der Waals surface area contributed by atoms with Crippen LogP contribution in [-0.2, 0) is 6.42 Å². The summed E-state index contributed by atoms with van der Waals surface area (Å²) in [6.45, 7) is 1.95. The number of amides is 1. The minimum Gasteiger partial charge on any atom is -0.493 e. The molecule has 3 aromatic rings. The lowest BCUT2D eigenvalue weighted by molar-refractivity contribution is 0.0729. The molecule has 32 heavy (non-hydrogen) atoms. The summed E-state index contributed by atoms with van der Waals surface area (Å²) in [6.07, 6.45) is 1.44. The first-order chi connectivity index (χ1) is 15.4. The van der Waals surface area contributed by atoms with Crippen molar-refractivity contribution in [2.45, 2.75) is 25.8 Å². The summed E-state index contributed by atoms with van der Waals surface area (Å²) in [6, 6.07) is 18.6. The predicted molar refractivity (Wildman–Crippen MR) is 126 cm³/mol. The highest BCUT2D eigenvalue weighted by atomic mass is 35.5. The number of esters is 1. The maximum Gasteiger partial charge on any atom is 0.343 e. The SMILES string of the molecule is COc1cc(CCC(C)NC(=O)c2ccc(Cl)cc2)ccc1OC(=O)c1ccc(Cl)cc1.